The van der Waals surface area contributed by atoms with Gasteiger partial charge < -0.3 is 15.0 Å². The van der Waals surface area contributed by atoms with E-state index in [9.17, 15) is 4.79 Å². The first kappa shape index (κ1) is 18.2. The largest absolute Gasteiger partial charge is 0.475 e. The van der Waals surface area contributed by atoms with E-state index in [1.54, 1.807) is 12.4 Å². The molecular weight excluding hydrogens is 328 g/mol. The normalized spacial score (nSPS) is 14.3. The third kappa shape index (κ3) is 4.71. The Hall–Kier alpha value is -2.63. The van der Waals surface area contributed by atoms with Crippen LogP contribution in [0.1, 0.15) is 49.0 Å². The van der Waals surface area contributed by atoms with Crippen molar-refractivity contribution < 1.29 is 9.53 Å². The maximum Gasteiger partial charge on any atom is 0.257 e. The number of aromatic nitrogens is 2. The summed E-state index contributed by atoms with van der Waals surface area (Å²) >= 11 is 0. The molecule has 26 heavy (non-hydrogen) atoms. The summed E-state index contributed by atoms with van der Waals surface area (Å²) in [5.74, 6) is 1.28. The van der Waals surface area contributed by atoms with E-state index in [-0.39, 0.29) is 12.0 Å². The lowest BCUT2D eigenvalue weighted by Crippen LogP contribution is -2.36. The number of anilines is 1. The average Bonchev–Trinajstić information content (AvgIpc) is 2.67. The van der Waals surface area contributed by atoms with Gasteiger partial charge in [0.25, 0.3) is 5.91 Å². The number of nitrogens with one attached hydrogen (secondary N) is 1. The Labute approximate surface area is 154 Å². The van der Waals surface area contributed by atoms with Gasteiger partial charge in [0.2, 0.25) is 5.88 Å². The van der Waals surface area contributed by atoms with Gasteiger partial charge >= 0.3 is 0 Å². The van der Waals surface area contributed by atoms with Crippen LogP contribution in [-0.4, -0.2) is 40.0 Å². The van der Waals surface area contributed by atoms with Crippen molar-refractivity contribution in [3.05, 3.63) is 47.8 Å². The fourth-order valence-electron chi connectivity index (χ4n) is 3.00. The molecule has 0 bridgehead atoms. The van der Waals surface area contributed by atoms with E-state index >= 15 is 0 Å². The molecule has 1 aliphatic heterocycles. The van der Waals surface area contributed by atoms with Crippen LogP contribution in [0.25, 0.3) is 0 Å². The molecule has 1 amide bonds. The van der Waals surface area contributed by atoms with E-state index in [4.69, 9.17) is 4.74 Å². The quantitative estimate of drug-likeness (QED) is 0.860. The first-order valence-corrected chi connectivity index (χ1v) is 9.23. The van der Waals surface area contributed by atoms with Crippen molar-refractivity contribution in [2.45, 2.75) is 45.8 Å². The van der Waals surface area contributed by atoms with Gasteiger partial charge in [-0.05, 0) is 50.8 Å². The molecule has 0 aromatic carbocycles. The lowest BCUT2D eigenvalue weighted by Gasteiger charge is -2.27. The van der Waals surface area contributed by atoms with Crippen LogP contribution in [0.15, 0.2) is 36.7 Å². The molecule has 6 nitrogen and oxygen atoms in total. The number of carbonyl (C=O) groups is 1. The molecule has 1 N–H and O–H groups in total. The first-order chi connectivity index (χ1) is 12.6. The van der Waals surface area contributed by atoms with Gasteiger partial charge in [-0.25, -0.2) is 9.97 Å². The van der Waals surface area contributed by atoms with Crippen molar-refractivity contribution in [1.82, 2.24) is 14.9 Å². The molecule has 0 aliphatic carbocycles. The summed E-state index contributed by atoms with van der Waals surface area (Å²) in [5.41, 5.74) is 1.63. The van der Waals surface area contributed by atoms with Crippen LogP contribution < -0.4 is 10.1 Å². The van der Waals surface area contributed by atoms with Crippen LogP contribution in [0.5, 0.6) is 5.88 Å². The van der Waals surface area contributed by atoms with Crippen molar-refractivity contribution in [1.29, 1.82) is 0 Å². The zero-order valence-electron chi connectivity index (χ0n) is 15.4. The number of hydrogen-bond donors (Lipinski definition) is 1. The van der Waals surface area contributed by atoms with Crippen LogP contribution in [0.3, 0.4) is 0 Å². The van der Waals surface area contributed by atoms with Gasteiger partial charge in [-0.2, -0.15) is 0 Å². The molecule has 0 unspecified atom stereocenters. The fraction of sp³-hybridized carbons (Fsp3) is 0.450. The molecule has 2 aromatic heterocycles. The second kappa shape index (κ2) is 8.65. The van der Waals surface area contributed by atoms with Crippen LogP contribution in [0, 0.1) is 0 Å². The number of hydrogen-bond acceptors (Lipinski definition) is 5. The molecule has 138 valence electrons. The van der Waals surface area contributed by atoms with Crippen molar-refractivity contribution >= 4 is 11.7 Å². The summed E-state index contributed by atoms with van der Waals surface area (Å²) in [6.07, 6.45) is 6.93. The maximum atomic E-state index is 12.8. The molecular formula is C20H26N4O2. The second-order valence-electron chi connectivity index (χ2n) is 6.78. The van der Waals surface area contributed by atoms with E-state index in [1.165, 1.54) is 6.42 Å². The molecule has 0 atom stereocenters. The minimum absolute atomic E-state index is 0.0547. The topological polar surface area (TPSA) is 67.3 Å². The van der Waals surface area contributed by atoms with Crippen molar-refractivity contribution in [3.8, 4) is 5.88 Å². The zero-order valence-corrected chi connectivity index (χ0v) is 15.4. The van der Waals surface area contributed by atoms with E-state index in [1.807, 2.05) is 43.0 Å². The number of pyridine rings is 2. The molecule has 2 aromatic rings. The highest BCUT2D eigenvalue weighted by molar-refractivity contribution is 5.98. The van der Waals surface area contributed by atoms with Crippen LogP contribution in [-0.2, 0) is 6.54 Å². The number of nitrogens with zero attached hydrogens (tertiary/aromatic N) is 3. The summed E-state index contributed by atoms with van der Waals surface area (Å²) in [7, 11) is 0. The zero-order chi connectivity index (χ0) is 18.4. The Kier molecular flexibility index (Phi) is 6.04. The Morgan fingerprint density at radius 1 is 1.19 bits per heavy atom. The lowest BCUT2D eigenvalue weighted by molar-refractivity contribution is 0.0725. The minimum Gasteiger partial charge on any atom is -0.475 e. The predicted octanol–water partition coefficient (Wildman–Crippen LogP) is 3.50. The van der Waals surface area contributed by atoms with Gasteiger partial charge in [0.1, 0.15) is 5.82 Å². The highest BCUT2D eigenvalue weighted by atomic mass is 16.5. The van der Waals surface area contributed by atoms with Crippen LogP contribution in [0.2, 0.25) is 0 Å². The molecule has 3 rings (SSSR count). The van der Waals surface area contributed by atoms with Gasteiger partial charge in [-0.1, -0.05) is 6.07 Å². The van der Waals surface area contributed by atoms with E-state index in [0.29, 0.717) is 23.8 Å². The third-order valence-electron chi connectivity index (χ3n) is 4.30. The summed E-state index contributed by atoms with van der Waals surface area (Å²) in [4.78, 5) is 23.4. The highest BCUT2D eigenvalue weighted by Crippen LogP contribution is 2.19. The first-order valence-electron chi connectivity index (χ1n) is 9.23. The van der Waals surface area contributed by atoms with E-state index in [2.05, 4.69) is 15.3 Å². The van der Waals surface area contributed by atoms with Gasteiger partial charge in [0.15, 0.2) is 0 Å². The number of likely N-dealkylation sites (tertiary alicyclic amines) is 1. The number of amides is 1. The molecule has 3 heterocycles. The van der Waals surface area contributed by atoms with E-state index in [0.717, 1.165) is 31.5 Å². The minimum atomic E-state index is 0.0547. The fourth-order valence-corrected chi connectivity index (χ4v) is 3.00. The molecule has 0 saturated carbocycles. The molecule has 0 spiro atoms. The van der Waals surface area contributed by atoms with Crippen LogP contribution in [0.4, 0.5) is 5.82 Å². The number of carbonyl (C=O) groups excluding carboxylic acids is 1. The van der Waals surface area contributed by atoms with Gasteiger partial charge in [-0.3, -0.25) is 4.79 Å². The summed E-state index contributed by atoms with van der Waals surface area (Å²) < 4.78 is 5.56. The van der Waals surface area contributed by atoms with Crippen molar-refractivity contribution in [2.75, 3.05) is 18.4 Å². The lowest BCUT2D eigenvalue weighted by atomic mass is 10.1. The number of ether oxygens (including phenoxy) is 1. The Balaban J connectivity index is 1.65. The summed E-state index contributed by atoms with van der Waals surface area (Å²) in [6.45, 7) is 6.15. The van der Waals surface area contributed by atoms with Gasteiger partial charge in [0, 0.05) is 38.1 Å². The maximum absolute atomic E-state index is 12.8. The smallest absolute Gasteiger partial charge is 0.257 e. The third-order valence-corrected chi connectivity index (χ3v) is 4.30. The molecule has 6 heteroatoms. The standard InChI is InChI=1S/C20H26N4O2/c1-15(2)26-18-9-8-16(13-22-18)14-23-19-17(7-6-10-21-19)20(25)24-11-4-3-5-12-24/h6-10,13,15H,3-5,11-12,14H2,1-2H3,(H,21,23). The highest BCUT2D eigenvalue weighted by Gasteiger charge is 2.21. The summed E-state index contributed by atoms with van der Waals surface area (Å²) in [6, 6.07) is 7.47. The molecule has 1 saturated heterocycles. The van der Waals surface area contributed by atoms with E-state index < -0.39 is 0 Å². The molecule has 1 aliphatic rings. The molecule has 1 fully saturated rings. The number of piperidine rings is 1. The second-order valence-corrected chi connectivity index (χ2v) is 6.78. The van der Waals surface area contributed by atoms with Gasteiger partial charge in [-0.15, -0.1) is 0 Å². The van der Waals surface area contributed by atoms with Crippen LogP contribution >= 0.6 is 0 Å². The molecule has 0 radical (unpaired) electrons. The Bertz CT molecular complexity index is 725. The van der Waals surface area contributed by atoms with Crippen molar-refractivity contribution in [3.63, 3.8) is 0 Å². The monoisotopic (exact) mass is 354 g/mol. The van der Waals surface area contributed by atoms with Gasteiger partial charge in [0.05, 0.1) is 11.7 Å². The van der Waals surface area contributed by atoms with Crippen molar-refractivity contribution in [2.24, 2.45) is 0 Å². The average molecular weight is 354 g/mol. The predicted molar refractivity (Wildman–Crippen MR) is 101 cm³/mol. The SMILES string of the molecule is CC(C)Oc1ccc(CNc2ncccc2C(=O)N2CCCCC2)cn1. The summed E-state index contributed by atoms with van der Waals surface area (Å²) in [5, 5.41) is 3.27. The Morgan fingerprint density at radius 3 is 2.69 bits per heavy atom. The Morgan fingerprint density at radius 2 is 2.00 bits per heavy atom. The number of rotatable bonds is 6.